The topological polar surface area (TPSA) is 108 Å². The number of hydrogen-bond donors (Lipinski definition) is 3. The van der Waals surface area contributed by atoms with Gasteiger partial charge >= 0.3 is 12.1 Å². The molecule has 2 aliphatic rings. The highest BCUT2D eigenvalue weighted by Gasteiger charge is 2.49. The van der Waals surface area contributed by atoms with Gasteiger partial charge in [-0.2, -0.15) is 0 Å². The summed E-state index contributed by atoms with van der Waals surface area (Å²) in [5, 5.41) is 7.59. The molecule has 1 saturated heterocycles. The standard InChI is InChI=1S/C19H24N4O4/c1-19(13-8-4-2-5-9-13)16(25)23(18(27)22-19)12-15(24)21-17(26)20-14-10-6-3-7-11-14/h2,4-5,8-9,14H,3,6-7,10-12H2,1H3,(H,22,27)(H2,20,21,24,26)/t19-/m1/s1. The zero-order valence-electron chi connectivity index (χ0n) is 15.3. The SMILES string of the molecule is C[C@]1(c2ccccc2)NC(=O)N(CC(=O)NC(=O)NC2CCCCC2)C1=O. The van der Waals surface area contributed by atoms with E-state index in [9.17, 15) is 19.2 Å². The van der Waals surface area contributed by atoms with Gasteiger partial charge in [-0.1, -0.05) is 49.6 Å². The minimum atomic E-state index is -1.23. The van der Waals surface area contributed by atoms with Crippen LogP contribution in [0.4, 0.5) is 9.59 Å². The van der Waals surface area contributed by atoms with E-state index in [1.807, 2.05) is 6.07 Å². The number of carbonyl (C=O) groups excluding carboxylic acids is 4. The fraction of sp³-hybridized carbons (Fsp3) is 0.474. The highest BCUT2D eigenvalue weighted by atomic mass is 16.2. The van der Waals surface area contributed by atoms with Crippen LogP contribution >= 0.6 is 0 Å². The number of amides is 6. The zero-order chi connectivity index (χ0) is 19.4. The maximum atomic E-state index is 12.7. The molecule has 1 saturated carbocycles. The molecule has 8 nitrogen and oxygen atoms in total. The highest BCUT2D eigenvalue weighted by Crippen LogP contribution is 2.28. The van der Waals surface area contributed by atoms with Gasteiger partial charge in [0.1, 0.15) is 12.1 Å². The number of imide groups is 2. The summed E-state index contributed by atoms with van der Waals surface area (Å²) in [4.78, 5) is 49.9. The van der Waals surface area contributed by atoms with Crippen molar-refractivity contribution >= 4 is 23.9 Å². The molecule has 1 aliphatic carbocycles. The van der Waals surface area contributed by atoms with Gasteiger partial charge in [-0.15, -0.1) is 0 Å². The number of nitrogens with one attached hydrogen (secondary N) is 3. The third kappa shape index (κ3) is 4.10. The van der Waals surface area contributed by atoms with Crippen molar-refractivity contribution in [3.05, 3.63) is 35.9 Å². The number of benzene rings is 1. The first kappa shape index (κ1) is 18.9. The average Bonchev–Trinajstić information content (AvgIpc) is 2.87. The minimum Gasteiger partial charge on any atom is -0.335 e. The van der Waals surface area contributed by atoms with Gasteiger partial charge in [-0.05, 0) is 25.3 Å². The van der Waals surface area contributed by atoms with E-state index < -0.39 is 36.0 Å². The maximum absolute atomic E-state index is 12.7. The third-order valence-corrected chi connectivity index (χ3v) is 5.12. The Kier molecular flexibility index (Phi) is 5.43. The summed E-state index contributed by atoms with van der Waals surface area (Å²) in [7, 11) is 0. The Morgan fingerprint density at radius 3 is 2.48 bits per heavy atom. The molecule has 27 heavy (non-hydrogen) atoms. The summed E-state index contributed by atoms with van der Waals surface area (Å²) in [6.45, 7) is 1.08. The van der Waals surface area contributed by atoms with Crippen LogP contribution in [0.25, 0.3) is 0 Å². The normalized spacial score (nSPS) is 23.1. The van der Waals surface area contributed by atoms with Crippen molar-refractivity contribution in [1.29, 1.82) is 0 Å². The molecule has 6 amide bonds. The quantitative estimate of drug-likeness (QED) is 0.698. The van der Waals surface area contributed by atoms with Crippen LogP contribution in [-0.4, -0.2) is 41.4 Å². The molecular formula is C19H24N4O4. The van der Waals surface area contributed by atoms with Crippen molar-refractivity contribution in [3.63, 3.8) is 0 Å². The number of urea groups is 2. The van der Waals surface area contributed by atoms with E-state index in [4.69, 9.17) is 0 Å². The molecule has 0 unspecified atom stereocenters. The summed E-state index contributed by atoms with van der Waals surface area (Å²) in [5.41, 5.74) is -0.607. The first-order chi connectivity index (χ1) is 12.9. The lowest BCUT2D eigenvalue weighted by Gasteiger charge is -2.23. The molecule has 1 aliphatic heterocycles. The third-order valence-electron chi connectivity index (χ3n) is 5.12. The lowest BCUT2D eigenvalue weighted by molar-refractivity contribution is -0.134. The lowest BCUT2D eigenvalue weighted by Crippen LogP contribution is -2.49. The molecule has 1 atom stereocenters. The summed E-state index contributed by atoms with van der Waals surface area (Å²) in [5.74, 6) is -1.23. The van der Waals surface area contributed by atoms with Gasteiger partial charge in [0.2, 0.25) is 5.91 Å². The van der Waals surface area contributed by atoms with Gasteiger partial charge in [0.25, 0.3) is 5.91 Å². The zero-order valence-corrected chi connectivity index (χ0v) is 15.3. The maximum Gasteiger partial charge on any atom is 0.325 e. The average molecular weight is 372 g/mol. The predicted octanol–water partition coefficient (Wildman–Crippen LogP) is 1.61. The molecule has 2 fully saturated rings. The number of hydrogen-bond acceptors (Lipinski definition) is 4. The van der Waals surface area contributed by atoms with E-state index >= 15 is 0 Å². The van der Waals surface area contributed by atoms with E-state index in [1.54, 1.807) is 31.2 Å². The molecule has 144 valence electrons. The van der Waals surface area contributed by atoms with Crippen LogP contribution in [0.5, 0.6) is 0 Å². The van der Waals surface area contributed by atoms with E-state index in [1.165, 1.54) is 0 Å². The molecule has 1 aromatic rings. The van der Waals surface area contributed by atoms with E-state index in [0.29, 0.717) is 5.56 Å². The van der Waals surface area contributed by atoms with Crippen LogP contribution in [0.15, 0.2) is 30.3 Å². The molecule has 0 bridgehead atoms. The molecule has 0 spiro atoms. The Morgan fingerprint density at radius 1 is 1.15 bits per heavy atom. The van der Waals surface area contributed by atoms with Gasteiger partial charge in [-0.3, -0.25) is 19.8 Å². The van der Waals surface area contributed by atoms with Crippen LogP contribution in [0.3, 0.4) is 0 Å². The number of carbonyl (C=O) groups is 4. The van der Waals surface area contributed by atoms with Gasteiger partial charge in [0.05, 0.1) is 0 Å². The van der Waals surface area contributed by atoms with E-state index in [0.717, 1.165) is 37.0 Å². The van der Waals surface area contributed by atoms with Crippen molar-refractivity contribution in [3.8, 4) is 0 Å². The summed E-state index contributed by atoms with van der Waals surface area (Å²) >= 11 is 0. The molecule has 3 N–H and O–H groups in total. The molecule has 8 heteroatoms. The van der Waals surface area contributed by atoms with Gasteiger partial charge in [-0.25, -0.2) is 9.59 Å². The molecule has 0 radical (unpaired) electrons. The Labute approximate surface area is 157 Å². The number of nitrogens with zero attached hydrogens (tertiary/aromatic N) is 1. The molecule has 3 rings (SSSR count). The molecule has 0 aromatic heterocycles. The monoisotopic (exact) mass is 372 g/mol. The predicted molar refractivity (Wildman–Crippen MR) is 97.6 cm³/mol. The lowest BCUT2D eigenvalue weighted by atomic mass is 9.92. The highest BCUT2D eigenvalue weighted by molar-refractivity contribution is 6.10. The number of rotatable bonds is 4. The Hall–Kier alpha value is -2.90. The largest absolute Gasteiger partial charge is 0.335 e. The molecular weight excluding hydrogens is 348 g/mol. The summed E-state index contributed by atoms with van der Waals surface area (Å²) in [6.07, 6.45) is 5.05. The van der Waals surface area contributed by atoms with Gasteiger partial charge < -0.3 is 10.6 Å². The van der Waals surface area contributed by atoms with E-state index in [-0.39, 0.29) is 6.04 Å². The molecule has 1 aromatic carbocycles. The van der Waals surface area contributed by atoms with Crippen LogP contribution in [0.2, 0.25) is 0 Å². The Balaban J connectivity index is 1.58. The minimum absolute atomic E-state index is 0.0599. The summed E-state index contributed by atoms with van der Waals surface area (Å²) < 4.78 is 0. The van der Waals surface area contributed by atoms with E-state index in [2.05, 4.69) is 16.0 Å². The molecule has 1 heterocycles. The van der Waals surface area contributed by atoms with Crippen molar-refractivity contribution < 1.29 is 19.2 Å². The first-order valence-corrected chi connectivity index (χ1v) is 9.20. The van der Waals surface area contributed by atoms with Crippen molar-refractivity contribution in [2.75, 3.05) is 6.54 Å². The smallest absolute Gasteiger partial charge is 0.325 e. The van der Waals surface area contributed by atoms with Crippen LogP contribution in [0, 0.1) is 0 Å². The fourth-order valence-corrected chi connectivity index (χ4v) is 3.59. The fourth-order valence-electron chi connectivity index (χ4n) is 3.59. The Morgan fingerprint density at radius 2 is 1.81 bits per heavy atom. The van der Waals surface area contributed by atoms with Crippen LogP contribution in [-0.2, 0) is 15.1 Å². The summed E-state index contributed by atoms with van der Waals surface area (Å²) in [6, 6.07) is 7.63. The first-order valence-electron chi connectivity index (χ1n) is 9.20. The van der Waals surface area contributed by atoms with Crippen LogP contribution < -0.4 is 16.0 Å². The second kappa shape index (κ2) is 7.77. The Bertz CT molecular complexity index is 745. The second-order valence-corrected chi connectivity index (χ2v) is 7.17. The van der Waals surface area contributed by atoms with Gasteiger partial charge in [0.15, 0.2) is 0 Å². The van der Waals surface area contributed by atoms with Gasteiger partial charge in [0, 0.05) is 6.04 Å². The van der Waals surface area contributed by atoms with Crippen molar-refractivity contribution in [2.24, 2.45) is 0 Å². The van der Waals surface area contributed by atoms with Crippen molar-refractivity contribution in [1.82, 2.24) is 20.9 Å². The van der Waals surface area contributed by atoms with Crippen molar-refractivity contribution in [2.45, 2.75) is 50.6 Å². The van der Waals surface area contributed by atoms with Crippen LogP contribution in [0.1, 0.15) is 44.6 Å². The second-order valence-electron chi connectivity index (χ2n) is 7.17.